The van der Waals surface area contributed by atoms with Gasteiger partial charge in [-0.1, -0.05) is 6.07 Å². The molecular weight excluding hydrogens is 286 g/mol. The second-order valence-corrected chi connectivity index (χ2v) is 8.03. The Morgan fingerprint density at radius 1 is 1.30 bits per heavy atom. The molecule has 2 aliphatic heterocycles. The largest absolute Gasteiger partial charge is 0.497 e. The third kappa shape index (κ3) is 2.16. The van der Waals surface area contributed by atoms with Crippen molar-refractivity contribution < 1.29 is 9.47 Å². The van der Waals surface area contributed by atoms with Gasteiger partial charge in [-0.15, -0.1) is 0 Å². The quantitative estimate of drug-likeness (QED) is 0.855. The molecule has 3 atom stereocenters. The summed E-state index contributed by atoms with van der Waals surface area (Å²) in [5, 5.41) is 0. The molecule has 0 spiro atoms. The Labute approximate surface area is 139 Å². The molecule has 2 saturated heterocycles. The van der Waals surface area contributed by atoms with Crippen molar-refractivity contribution in [1.82, 2.24) is 4.90 Å². The highest BCUT2D eigenvalue weighted by molar-refractivity contribution is 5.46. The van der Waals surface area contributed by atoms with Crippen molar-refractivity contribution >= 4 is 0 Å². The molecule has 1 saturated carbocycles. The molecule has 124 valence electrons. The SMILES string of the molecule is COc1ccc2c(c1)[C@@]13CCCO[C@H]1[C@@H](C2)N(CC1CC1)CC3. The van der Waals surface area contributed by atoms with Crippen molar-refractivity contribution in [3.05, 3.63) is 29.3 Å². The minimum atomic E-state index is 0.241. The Hall–Kier alpha value is -1.06. The van der Waals surface area contributed by atoms with E-state index in [0.29, 0.717) is 12.1 Å². The number of hydrogen-bond donors (Lipinski definition) is 0. The smallest absolute Gasteiger partial charge is 0.119 e. The Kier molecular flexibility index (Phi) is 3.24. The lowest BCUT2D eigenvalue weighted by molar-refractivity contribution is -0.128. The molecule has 3 nitrogen and oxygen atoms in total. The first-order valence-corrected chi connectivity index (χ1v) is 9.33. The van der Waals surface area contributed by atoms with Crippen LogP contribution < -0.4 is 4.74 Å². The summed E-state index contributed by atoms with van der Waals surface area (Å²) in [6, 6.07) is 7.35. The molecule has 5 rings (SSSR count). The lowest BCUT2D eigenvalue weighted by atomic mass is 9.59. The van der Waals surface area contributed by atoms with Crippen LogP contribution in [0.5, 0.6) is 5.75 Å². The highest BCUT2D eigenvalue weighted by Gasteiger charge is 2.55. The number of piperidine rings is 1. The van der Waals surface area contributed by atoms with Gasteiger partial charge in [-0.3, -0.25) is 4.90 Å². The minimum absolute atomic E-state index is 0.241. The average Bonchev–Trinajstić information content (AvgIpc) is 3.41. The van der Waals surface area contributed by atoms with Gasteiger partial charge in [0, 0.05) is 24.6 Å². The summed E-state index contributed by atoms with van der Waals surface area (Å²) in [7, 11) is 1.78. The van der Waals surface area contributed by atoms with E-state index in [1.165, 1.54) is 56.3 Å². The fourth-order valence-corrected chi connectivity index (χ4v) is 5.41. The van der Waals surface area contributed by atoms with Gasteiger partial charge < -0.3 is 9.47 Å². The topological polar surface area (TPSA) is 21.7 Å². The highest BCUT2D eigenvalue weighted by Crippen LogP contribution is 2.52. The predicted molar refractivity (Wildman–Crippen MR) is 90.1 cm³/mol. The van der Waals surface area contributed by atoms with Crippen molar-refractivity contribution in [1.29, 1.82) is 0 Å². The molecule has 0 N–H and O–H groups in total. The monoisotopic (exact) mass is 313 g/mol. The summed E-state index contributed by atoms with van der Waals surface area (Å²) in [5.74, 6) is 1.96. The van der Waals surface area contributed by atoms with Crippen LogP contribution in [0.3, 0.4) is 0 Å². The minimum Gasteiger partial charge on any atom is -0.497 e. The van der Waals surface area contributed by atoms with Crippen molar-refractivity contribution in [3.8, 4) is 5.75 Å². The maximum Gasteiger partial charge on any atom is 0.119 e. The van der Waals surface area contributed by atoms with E-state index in [1.54, 1.807) is 7.11 Å². The van der Waals surface area contributed by atoms with Crippen LogP contribution in [-0.2, 0) is 16.6 Å². The highest BCUT2D eigenvalue weighted by atomic mass is 16.5. The van der Waals surface area contributed by atoms with E-state index in [1.807, 2.05) is 0 Å². The molecule has 1 aromatic carbocycles. The zero-order valence-electron chi connectivity index (χ0n) is 14.1. The van der Waals surface area contributed by atoms with Crippen LogP contribution in [-0.4, -0.2) is 43.9 Å². The first-order valence-electron chi connectivity index (χ1n) is 9.33. The molecule has 23 heavy (non-hydrogen) atoms. The number of rotatable bonds is 3. The van der Waals surface area contributed by atoms with Gasteiger partial charge in [0.05, 0.1) is 13.2 Å². The Bertz CT molecular complexity index is 612. The number of nitrogens with zero attached hydrogens (tertiary/aromatic N) is 1. The van der Waals surface area contributed by atoms with E-state index in [9.17, 15) is 0 Å². The number of hydrogen-bond acceptors (Lipinski definition) is 3. The third-order valence-corrected chi connectivity index (χ3v) is 6.75. The van der Waals surface area contributed by atoms with E-state index in [4.69, 9.17) is 9.47 Å². The van der Waals surface area contributed by atoms with Crippen LogP contribution in [0.1, 0.15) is 43.2 Å². The molecular formula is C20H27NO2. The normalized spacial score (nSPS) is 36.2. The Morgan fingerprint density at radius 3 is 3.04 bits per heavy atom. The number of likely N-dealkylation sites (tertiary alicyclic amines) is 1. The van der Waals surface area contributed by atoms with E-state index < -0.39 is 0 Å². The number of fused-ring (bicyclic) bond motifs is 1. The summed E-state index contributed by atoms with van der Waals surface area (Å²) < 4.78 is 11.9. The molecule has 2 bridgehead atoms. The maximum atomic E-state index is 6.42. The van der Waals surface area contributed by atoms with Gasteiger partial charge in [0.2, 0.25) is 0 Å². The number of methoxy groups -OCH3 is 1. The molecule has 2 aliphatic carbocycles. The maximum absolute atomic E-state index is 6.42. The van der Waals surface area contributed by atoms with Gasteiger partial charge in [-0.05, 0) is 74.2 Å². The van der Waals surface area contributed by atoms with Gasteiger partial charge in [0.25, 0.3) is 0 Å². The van der Waals surface area contributed by atoms with Gasteiger partial charge in [0.1, 0.15) is 5.75 Å². The average molecular weight is 313 g/mol. The van der Waals surface area contributed by atoms with E-state index in [0.717, 1.165) is 24.7 Å². The first-order chi connectivity index (χ1) is 11.3. The lowest BCUT2D eigenvalue weighted by Gasteiger charge is -2.58. The molecule has 3 heteroatoms. The van der Waals surface area contributed by atoms with Crippen LogP contribution in [0.4, 0.5) is 0 Å². The zero-order chi connectivity index (χ0) is 15.4. The molecule has 2 heterocycles. The molecule has 1 aromatic rings. The lowest BCUT2D eigenvalue weighted by Crippen LogP contribution is -2.65. The van der Waals surface area contributed by atoms with Crippen LogP contribution in [0, 0.1) is 5.92 Å². The fraction of sp³-hybridized carbons (Fsp3) is 0.700. The second-order valence-electron chi connectivity index (χ2n) is 8.03. The van der Waals surface area contributed by atoms with Crippen molar-refractivity contribution in [2.45, 2.75) is 56.1 Å². The van der Waals surface area contributed by atoms with Crippen LogP contribution in [0.15, 0.2) is 18.2 Å². The van der Waals surface area contributed by atoms with Crippen LogP contribution >= 0.6 is 0 Å². The predicted octanol–water partition coefficient (Wildman–Crippen LogP) is 3.15. The van der Waals surface area contributed by atoms with E-state index in [-0.39, 0.29) is 5.41 Å². The number of benzene rings is 1. The summed E-state index contributed by atoms with van der Waals surface area (Å²) in [6.07, 6.45) is 8.15. The number of ether oxygens (including phenoxy) is 2. The molecule has 0 aromatic heterocycles. The zero-order valence-corrected chi connectivity index (χ0v) is 14.1. The molecule has 4 aliphatic rings. The van der Waals surface area contributed by atoms with Crippen molar-refractivity contribution in [2.24, 2.45) is 5.92 Å². The van der Waals surface area contributed by atoms with Crippen LogP contribution in [0.2, 0.25) is 0 Å². The van der Waals surface area contributed by atoms with Gasteiger partial charge in [0.15, 0.2) is 0 Å². The summed E-state index contributed by atoms with van der Waals surface area (Å²) >= 11 is 0. The Balaban J connectivity index is 1.57. The standard InChI is InChI=1S/C20H27NO2/c1-22-16-6-5-15-11-18-19-20(17(15)12-16,7-2-10-23-19)8-9-21(18)13-14-3-4-14/h5-6,12,14,18-19H,2-4,7-11,13H2,1H3/t18-,19+,20+/m1/s1. The molecule has 3 fully saturated rings. The van der Waals surface area contributed by atoms with Crippen molar-refractivity contribution in [2.75, 3.05) is 26.8 Å². The Morgan fingerprint density at radius 2 is 2.22 bits per heavy atom. The fourth-order valence-electron chi connectivity index (χ4n) is 5.41. The second kappa shape index (κ2) is 5.22. The summed E-state index contributed by atoms with van der Waals surface area (Å²) in [5.41, 5.74) is 3.31. The van der Waals surface area contributed by atoms with Crippen molar-refractivity contribution in [3.63, 3.8) is 0 Å². The van der Waals surface area contributed by atoms with E-state index in [2.05, 4.69) is 23.1 Å². The van der Waals surface area contributed by atoms with E-state index >= 15 is 0 Å². The molecule has 0 unspecified atom stereocenters. The van der Waals surface area contributed by atoms with Gasteiger partial charge in [-0.25, -0.2) is 0 Å². The summed E-state index contributed by atoms with van der Waals surface area (Å²) in [6.45, 7) is 3.49. The molecule has 0 amide bonds. The molecule has 0 radical (unpaired) electrons. The van der Waals surface area contributed by atoms with Gasteiger partial charge >= 0.3 is 0 Å². The van der Waals surface area contributed by atoms with Crippen LogP contribution in [0.25, 0.3) is 0 Å². The van der Waals surface area contributed by atoms with Gasteiger partial charge in [-0.2, -0.15) is 0 Å². The first kappa shape index (κ1) is 14.3. The summed E-state index contributed by atoms with van der Waals surface area (Å²) in [4.78, 5) is 2.76. The third-order valence-electron chi connectivity index (χ3n) is 6.75.